The zero-order valence-corrected chi connectivity index (χ0v) is 12.3. The molecule has 0 unspecified atom stereocenters. The van der Waals surface area contributed by atoms with Gasteiger partial charge >= 0.3 is 0 Å². The van der Waals surface area contributed by atoms with E-state index >= 15 is 0 Å². The Morgan fingerprint density at radius 2 is 1.76 bits per heavy atom. The lowest BCUT2D eigenvalue weighted by Gasteiger charge is -2.31. The molecule has 4 heteroatoms. The van der Waals surface area contributed by atoms with Gasteiger partial charge in [0, 0.05) is 32.3 Å². The Morgan fingerprint density at radius 1 is 0.952 bits per heavy atom. The molecule has 0 bridgehead atoms. The Kier molecular flexibility index (Phi) is 2.01. The van der Waals surface area contributed by atoms with Crippen LogP contribution in [0.1, 0.15) is 22.4 Å². The minimum absolute atomic E-state index is 0.344. The Bertz CT molecular complexity index is 819. The number of imidazole rings is 1. The summed E-state index contributed by atoms with van der Waals surface area (Å²) in [4.78, 5) is 4.65. The Hall–Kier alpha value is -2.23. The highest BCUT2D eigenvalue weighted by Gasteiger charge is 2.40. The quantitative estimate of drug-likeness (QED) is 0.366. The van der Waals surface area contributed by atoms with Crippen LogP contribution in [-0.4, -0.2) is 20.8 Å². The first kappa shape index (κ1) is 11.4. The molecule has 2 aliphatic heterocycles. The smallest absolute Gasteiger partial charge is 0.286 e. The summed E-state index contributed by atoms with van der Waals surface area (Å²) in [6.07, 6.45) is 6.19. The summed E-state index contributed by atoms with van der Waals surface area (Å²) < 4.78 is 4.50. The fourth-order valence-electron chi connectivity index (χ4n) is 4.26. The van der Waals surface area contributed by atoms with Crippen LogP contribution in [0.15, 0.2) is 36.8 Å². The molecule has 102 valence electrons. The van der Waals surface area contributed by atoms with Gasteiger partial charge < -0.3 is 9.13 Å². The zero-order chi connectivity index (χ0) is 14.1. The van der Waals surface area contributed by atoms with Crippen LogP contribution in [-0.2, 0) is 26.9 Å². The van der Waals surface area contributed by atoms with Gasteiger partial charge in [0.2, 0.25) is 0 Å². The third-order valence-electron chi connectivity index (χ3n) is 5.13. The van der Waals surface area contributed by atoms with Crippen molar-refractivity contribution >= 4 is 23.4 Å². The Balaban J connectivity index is 1.91. The van der Waals surface area contributed by atoms with Crippen LogP contribution in [0.25, 0.3) is 0 Å². The molecular weight excluding hydrogens is 257 g/mol. The number of nitrogens with zero attached hydrogens (tertiary/aromatic N) is 3. The van der Waals surface area contributed by atoms with Crippen LogP contribution in [0.4, 0.5) is 0 Å². The normalized spacial score (nSPS) is 14.7. The molecule has 0 fully saturated rings. The van der Waals surface area contributed by atoms with Gasteiger partial charge in [-0.15, -0.1) is 0 Å². The van der Waals surface area contributed by atoms with Crippen LogP contribution in [0, 0.1) is 0 Å². The minimum atomic E-state index is 0.344. The van der Waals surface area contributed by atoms with Crippen molar-refractivity contribution in [3.63, 3.8) is 0 Å². The number of fused-ring (bicyclic) bond motifs is 4. The van der Waals surface area contributed by atoms with Crippen LogP contribution in [0.5, 0.6) is 0 Å². The lowest BCUT2D eigenvalue weighted by molar-refractivity contribution is 0.929. The molecule has 4 heterocycles. The molecule has 0 spiro atoms. The monoisotopic (exact) mass is 273 g/mol. The molecule has 1 aromatic carbocycles. The number of hydrogen-bond donors (Lipinski definition) is 0. The highest BCUT2D eigenvalue weighted by atomic mass is 15.0. The second-order valence-corrected chi connectivity index (χ2v) is 6.30. The second kappa shape index (κ2) is 3.70. The first-order valence-corrected chi connectivity index (χ1v) is 7.49. The van der Waals surface area contributed by atoms with E-state index in [0.29, 0.717) is 6.71 Å². The van der Waals surface area contributed by atoms with E-state index in [9.17, 15) is 0 Å². The van der Waals surface area contributed by atoms with Crippen LogP contribution in [0.3, 0.4) is 0 Å². The van der Waals surface area contributed by atoms with Crippen molar-refractivity contribution in [1.29, 1.82) is 0 Å². The molecule has 0 saturated carbocycles. The molecule has 0 radical (unpaired) electrons. The maximum absolute atomic E-state index is 4.65. The van der Waals surface area contributed by atoms with Crippen LogP contribution >= 0.6 is 0 Å². The molecule has 3 aromatic rings. The lowest BCUT2D eigenvalue weighted by atomic mass is 9.34. The van der Waals surface area contributed by atoms with Crippen molar-refractivity contribution in [3.05, 3.63) is 59.2 Å². The van der Waals surface area contributed by atoms with Crippen LogP contribution in [0.2, 0.25) is 0 Å². The summed E-state index contributed by atoms with van der Waals surface area (Å²) in [7, 11) is 4.29. The predicted molar refractivity (Wildman–Crippen MR) is 85.3 cm³/mol. The molecule has 2 aromatic heterocycles. The highest BCUT2D eigenvalue weighted by molar-refractivity contribution is 6.96. The Morgan fingerprint density at radius 3 is 2.62 bits per heavy atom. The molecule has 0 atom stereocenters. The van der Waals surface area contributed by atoms with Gasteiger partial charge in [0.1, 0.15) is 0 Å². The van der Waals surface area contributed by atoms with Crippen molar-refractivity contribution in [2.75, 3.05) is 0 Å². The highest BCUT2D eigenvalue weighted by Crippen LogP contribution is 2.21. The largest absolute Gasteiger partial charge is 0.362 e. The number of hydrogen-bond acceptors (Lipinski definition) is 1. The first-order valence-electron chi connectivity index (χ1n) is 7.49. The van der Waals surface area contributed by atoms with Gasteiger partial charge in [0.25, 0.3) is 6.71 Å². The van der Waals surface area contributed by atoms with E-state index in [1.807, 2.05) is 6.33 Å². The van der Waals surface area contributed by atoms with E-state index in [2.05, 4.69) is 58.7 Å². The van der Waals surface area contributed by atoms with E-state index in [1.54, 1.807) is 0 Å². The molecular formula is C17H16BN3. The topological polar surface area (TPSA) is 22.8 Å². The van der Waals surface area contributed by atoms with E-state index in [-0.39, 0.29) is 0 Å². The lowest BCUT2D eigenvalue weighted by Crippen LogP contribution is -2.64. The number of aromatic nitrogens is 3. The number of rotatable bonds is 0. The van der Waals surface area contributed by atoms with Gasteiger partial charge in [0.05, 0.1) is 12.0 Å². The first-order chi connectivity index (χ1) is 10.2. The summed E-state index contributed by atoms with van der Waals surface area (Å²) in [6, 6.07) is 9.04. The summed E-state index contributed by atoms with van der Waals surface area (Å²) >= 11 is 0. The average molecular weight is 273 g/mol. The van der Waals surface area contributed by atoms with Crippen molar-refractivity contribution in [2.45, 2.75) is 12.8 Å². The van der Waals surface area contributed by atoms with Gasteiger partial charge in [-0.3, -0.25) is 0 Å². The molecule has 21 heavy (non-hydrogen) atoms. The second-order valence-electron chi connectivity index (χ2n) is 6.30. The Labute approximate surface area is 124 Å². The average Bonchev–Trinajstić information content (AvgIpc) is 3.03. The molecule has 0 N–H and O–H groups in total. The predicted octanol–water partition coefficient (Wildman–Crippen LogP) is 0.0832. The van der Waals surface area contributed by atoms with Crippen molar-refractivity contribution in [1.82, 2.24) is 14.1 Å². The SMILES string of the molecule is Cn1ccc2c1B1c3c(cccc3Cc3ncn(C)c31)C2. The third kappa shape index (κ3) is 1.33. The molecule has 3 nitrogen and oxygen atoms in total. The minimum Gasteiger partial charge on any atom is -0.362 e. The van der Waals surface area contributed by atoms with Crippen molar-refractivity contribution in [3.8, 4) is 0 Å². The van der Waals surface area contributed by atoms with Crippen molar-refractivity contribution < 1.29 is 0 Å². The van der Waals surface area contributed by atoms with Crippen LogP contribution < -0.4 is 16.6 Å². The fourth-order valence-corrected chi connectivity index (χ4v) is 4.26. The van der Waals surface area contributed by atoms with E-state index in [0.717, 1.165) is 12.8 Å². The van der Waals surface area contributed by atoms with Gasteiger partial charge in [-0.25, -0.2) is 4.98 Å². The van der Waals surface area contributed by atoms with E-state index in [4.69, 9.17) is 0 Å². The summed E-state index contributed by atoms with van der Waals surface area (Å²) in [5.41, 5.74) is 9.99. The summed E-state index contributed by atoms with van der Waals surface area (Å²) in [5.74, 6) is 0. The zero-order valence-electron chi connectivity index (χ0n) is 12.3. The number of benzene rings is 1. The molecule has 5 rings (SSSR count). The van der Waals surface area contributed by atoms with Gasteiger partial charge in [-0.2, -0.15) is 0 Å². The molecule has 0 amide bonds. The maximum atomic E-state index is 4.65. The summed E-state index contributed by atoms with van der Waals surface area (Å²) in [5, 5.41) is 0. The van der Waals surface area contributed by atoms with Crippen molar-refractivity contribution in [2.24, 2.45) is 14.1 Å². The molecule has 2 aliphatic rings. The fraction of sp³-hybridized carbons (Fsp3) is 0.235. The standard InChI is InChI=1S/C17H16BN3/c1-20-7-6-13-8-11-4-3-5-12-9-14-17(21(2)10-19-14)18(15(11)12)16(13)20/h3-7,10H,8-9H2,1-2H3. The van der Waals surface area contributed by atoms with Gasteiger partial charge in [0.15, 0.2) is 0 Å². The van der Waals surface area contributed by atoms with Gasteiger partial charge in [-0.05, 0) is 34.8 Å². The third-order valence-corrected chi connectivity index (χ3v) is 5.13. The molecule has 0 saturated heterocycles. The molecule has 0 aliphatic carbocycles. The van der Waals surface area contributed by atoms with Gasteiger partial charge in [-0.1, -0.05) is 23.7 Å². The van der Waals surface area contributed by atoms with E-state index < -0.39 is 0 Å². The number of aryl methyl sites for hydroxylation is 2. The summed E-state index contributed by atoms with van der Waals surface area (Å²) in [6.45, 7) is 0.344. The van der Waals surface area contributed by atoms with E-state index in [1.165, 1.54) is 39.0 Å². The maximum Gasteiger partial charge on any atom is 0.286 e.